The predicted octanol–water partition coefficient (Wildman–Crippen LogP) is 2.26. The number of halogens is 1. The van der Waals surface area contributed by atoms with Gasteiger partial charge in [0.1, 0.15) is 18.0 Å². The summed E-state index contributed by atoms with van der Waals surface area (Å²) in [6.45, 7) is 2.78. The number of nitrogens with two attached hydrogens (primary N) is 1. The minimum atomic E-state index is -0.783. The summed E-state index contributed by atoms with van der Waals surface area (Å²) in [5.41, 5.74) is 5.80. The molecule has 0 spiro atoms. The molecule has 3 rings (SSSR count). The van der Waals surface area contributed by atoms with Crippen LogP contribution in [-0.2, 0) is 16.1 Å². The lowest BCUT2D eigenvalue weighted by atomic mass is 9.97. The maximum atomic E-state index is 11.6. The summed E-state index contributed by atoms with van der Waals surface area (Å²) in [5.74, 6) is 0.220. The first kappa shape index (κ1) is 18.6. The van der Waals surface area contributed by atoms with E-state index in [1.54, 1.807) is 18.3 Å². The lowest BCUT2D eigenvalue weighted by Gasteiger charge is -2.42. The Balaban J connectivity index is 1.70. The Kier molecular flexibility index (Phi) is 6.08. The van der Waals surface area contributed by atoms with E-state index >= 15 is 0 Å². The number of amides is 1. The van der Waals surface area contributed by atoms with Crippen molar-refractivity contribution in [1.82, 2.24) is 9.88 Å². The van der Waals surface area contributed by atoms with Crippen molar-refractivity contribution in [2.75, 3.05) is 26.3 Å². The van der Waals surface area contributed by atoms with Gasteiger partial charge >= 0.3 is 0 Å². The molecular weight excluding hydrogens is 354 g/mol. The van der Waals surface area contributed by atoms with Crippen LogP contribution in [-0.4, -0.2) is 47.7 Å². The fraction of sp³-hybridized carbons (Fsp3) is 0.368. The third-order valence-electron chi connectivity index (χ3n) is 4.25. The Bertz CT molecular complexity index is 744. The highest BCUT2D eigenvalue weighted by Crippen LogP contribution is 2.26. The quantitative estimate of drug-likeness (QED) is 0.803. The number of hydrogen-bond acceptors (Lipinski definition) is 5. The van der Waals surface area contributed by atoms with Crippen LogP contribution in [0.5, 0.6) is 5.75 Å². The van der Waals surface area contributed by atoms with Gasteiger partial charge in [0.2, 0.25) is 5.91 Å². The zero-order valence-electron chi connectivity index (χ0n) is 14.4. The molecule has 1 aliphatic heterocycles. The Morgan fingerprint density at radius 3 is 3.00 bits per heavy atom. The van der Waals surface area contributed by atoms with Crippen LogP contribution in [0.4, 0.5) is 0 Å². The minimum absolute atomic E-state index is 0.0944. The van der Waals surface area contributed by atoms with Gasteiger partial charge in [0.25, 0.3) is 0 Å². The molecule has 1 aromatic carbocycles. The van der Waals surface area contributed by atoms with Gasteiger partial charge in [-0.05, 0) is 29.8 Å². The second-order valence-corrected chi connectivity index (χ2v) is 6.93. The second kappa shape index (κ2) is 8.49. The Morgan fingerprint density at radius 1 is 1.38 bits per heavy atom. The largest absolute Gasteiger partial charge is 0.490 e. The molecule has 2 heterocycles. The third kappa shape index (κ3) is 5.17. The molecule has 0 unspecified atom stereocenters. The Morgan fingerprint density at radius 2 is 2.27 bits per heavy atom. The van der Waals surface area contributed by atoms with Crippen molar-refractivity contribution in [1.29, 1.82) is 0 Å². The molecular formula is C19H22ClN3O3. The number of hydrogen-bond donors (Lipinski definition) is 1. The average Bonchev–Trinajstić information content (AvgIpc) is 2.61. The van der Waals surface area contributed by atoms with E-state index < -0.39 is 11.5 Å². The molecule has 1 atom stereocenters. The number of nitrogens with zero attached hydrogens (tertiary/aromatic N) is 2. The molecule has 0 radical (unpaired) electrons. The molecule has 0 aliphatic carbocycles. The van der Waals surface area contributed by atoms with Crippen LogP contribution in [0.15, 0.2) is 48.8 Å². The normalized spacial score (nSPS) is 20.7. The molecule has 1 aromatic heterocycles. The van der Waals surface area contributed by atoms with E-state index in [4.69, 9.17) is 26.8 Å². The van der Waals surface area contributed by atoms with E-state index in [1.165, 1.54) is 0 Å². The van der Waals surface area contributed by atoms with Crippen LogP contribution in [0, 0.1) is 0 Å². The van der Waals surface area contributed by atoms with Crippen LogP contribution in [0.25, 0.3) is 0 Å². The molecule has 1 fully saturated rings. The van der Waals surface area contributed by atoms with Crippen molar-refractivity contribution < 1.29 is 14.3 Å². The number of rotatable bonds is 7. The van der Waals surface area contributed by atoms with Gasteiger partial charge in [0, 0.05) is 37.1 Å². The highest BCUT2D eigenvalue weighted by Gasteiger charge is 2.39. The summed E-state index contributed by atoms with van der Waals surface area (Å²) < 4.78 is 11.9. The van der Waals surface area contributed by atoms with E-state index in [-0.39, 0.29) is 13.0 Å². The first-order valence-electron chi connectivity index (χ1n) is 8.47. The van der Waals surface area contributed by atoms with Crippen molar-refractivity contribution in [3.05, 3.63) is 59.4 Å². The first-order chi connectivity index (χ1) is 12.5. The number of carbonyl (C=O) groups excluding carboxylic acids is 1. The van der Waals surface area contributed by atoms with Crippen molar-refractivity contribution in [2.45, 2.75) is 18.6 Å². The molecule has 1 aliphatic rings. The molecule has 0 bridgehead atoms. The first-order valence-corrected chi connectivity index (χ1v) is 8.84. The summed E-state index contributed by atoms with van der Waals surface area (Å²) >= 11 is 6.00. The number of pyridine rings is 1. The van der Waals surface area contributed by atoms with Gasteiger partial charge in [-0.2, -0.15) is 0 Å². The fourth-order valence-corrected chi connectivity index (χ4v) is 3.32. The molecule has 1 amide bonds. The van der Waals surface area contributed by atoms with E-state index in [2.05, 4.69) is 9.88 Å². The van der Waals surface area contributed by atoms with E-state index in [1.807, 2.05) is 30.5 Å². The predicted molar refractivity (Wildman–Crippen MR) is 99.0 cm³/mol. The van der Waals surface area contributed by atoms with Crippen molar-refractivity contribution in [2.24, 2.45) is 5.73 Å². The van der Waals surface area contributed by atoms with E-state index in [0.29, 0.717) is 23.9 Å². The highest BCUT2D eigenvalue weighted by atomic mass is 35.5. The average molecular weight is 376 g/mol. The van der Waals surface area contributed by atoms with Crippen LogP contribution in [0.1, 0.15) is 12.0 Å². The summed E-state index contributed by atoms with van der Waals surface area (Å²) in [5, 5.41) is 0.592. The van der Waals surface area contributed by atoms with Crippen LogP contribution < -0.4 is 10.5 Å². The number of aromatic nitrogens is 1. The molecule has 2 N–H and O–H groups in total. The number of benzene rings is 1. The number of primary amides is 1. The third-order valence-corrected chi connectivity index (χ3v) is 4.49. The van der Waals surface area contributed by atoms with Gasteiger partial charge in [-0.15, -0.1) is 0 Å². The zero-order chi connectivity index (χ0) is 18.4. The molecule has 6 nitrogen and oxygen atoms in total. The van der Waals surface area contributed by atoms with E-state index in [0.717, 1.165) is 18.7 Å². The SMILES string of the molecule is NC(=O)C[C@]1(COc2cccc(Cl)c2)CN(Cc2cccnc2)CCO1. The van der Waals surface area contributed by atoms with Crippen molar-refractivity contribution >= 4 is 17.5 Å². The van der Waals surface area contributed by atoms with Crippen LogP contribution >= 0.6 is 11.6 Å². The molecule has 7 heteroatoms. The van der Waals surface area contributed by atoms with Gasteiger partial charge in [0.15, 0.2) is 0 Å². The maximum Gasteiger partial charge on any atom is 0.220 e. The molecule has 1 saturated heterocycles. The van der Waals surface area contributed by atoms with Gasteiger partial charge in [-0.1, -0.05) is 23.7 Å². The summed E-state index contributed by atoms with van der Waals surface area (Å²) in [7, 11) is 0. The van der Waals surface area contributed by atoms with Gasteiger partial charge in [-0.25, -0.2) is 0 Å². The van der Waals surface area contributed by atoms with Crippen molar-refractivity contribution in [3.8, 4) is 5.75 Å². The topological polar surface area (TPSA) is 77.7 Å². The monoisotopic (exact) mass is 375 g/mol. The standard InChI is InChI=1S/C19H22ClN3O3/c20-16-4-1-5-17(9-16)25-14-19(10-18(21)24)13-23(7-8-26-19)12-15-3-2-6-22-11-15/h1-6,9,11H,7-8,10,12-14H2,(H2,21,24)/t19-/m1/s1. The number of morpholine rings is 1. The Hall–Kier alpha value is -2.15. The van der Waals surface area contributed by atoms with E-state index in [9.17, 15) is 4.79 Å². The smallest absolute Gasteiger partial charge is 0.220 e. The second-order valence-electron chi connectivity index (χ2n) is 6.49. The van der Waals surface area contributed by atoms with Crippen LogP contribution in [0.3, 0.4) is 0 Å². The lowest BCUT2D eigenvalue weighted by Crippen LogP contribution is -2.56. The fourth-order valence-electron chi connectivity index (χ4n) is 3.14. The summed E-state index contributed by atoms with van der Waals surface area (Å²) in [4.78, 5) is 18.0. The van der Waals surface area contributed by atoms with Crippen LogP contribution in [0.2, 0.25) is 5.02 Å². The highest BCUT2D eigenvalue weighted by molar-refractivity contribution is 6.30. The minimum Gasteiger partial charge on any atom is -0.490 e. The number of ether oxygens (including phenoxy) is 2. The Labute approximate surface area is 157 Å². The van der Waals surface area contributed by atoms with Gasteiger partial charge in [0.05, 0.1) is 13.0 Å². The summed E-state index contributed by atoms with van der Waals surface area (Å²) in [6, 6.07) is 11.1. The summed E-state index contributed by atoms with van der Waals surface area (Å²) in [6.07, 6.45) is 3.68. The molecule has 0 saturated carbocycles. The maximum absolute atomic E-state index is 11.6. The molecule has 26 heavy (non-hydrogen) atoms. The van der Waals surface area contributed by atoms with Gasteiger partial charge in [-0.3, -0.25) is 14.7 Å². The zero-order valence-corrected chi connectivity index (χ0v) is 15.2. The van der Waals surface area contributed by atoms with Gasteiger partial charge < -0.3 is 15.2 Å². The van der Waals surface area contributed by atoms with Crippen molar-refractivity contribution in [3.63, 3.8) is 0 Å². The number of carbonyl (C=O) groups is 1. The molecule has 2 aromatic rings. The lowest BCUT2D eigenvalue weighted by molar-refractivity contribution is -0.148. The molecule has 138 valence electrons.